The standard InChI is InChI=1S/C25H22BrF3N4O3/c26-18-19(24(20(18)34)10-2-1-3-11-24)31-17(22(35)36)13-14-6-8-15(9-7-14)33-21-16(5-4-12-30-21)32-23(33)25(27,28)29/h4-9,12,17-18H,1-3,10-11,13H2,(H,35,36)/t17-,18?/m0/s1. The third-order valence-corrected chi connectivity index (χ3v) is 7.86. The number of halogens is 4. The predicted octanol–water partition coefficient (Wildman–Crippen LogP) is 5.17. The first kappa shape index (κ1) is 24.6. The van der Waals surface area contributed by atoms with Crippen LogP contribution in [0.5, 0.6) is 0 Å². The number of nitrogens with zero attached hydrogens (tertiary/aromatic N) is 4. The molecule has 1 aromatic carbocycles. The van der Waals surface area contributed by atoms with E-state index < -0.39 is 34.3 Å². The number of carboxylic acids is 1. The summed E-state index contributed by atoms with van der Waals surface area (Å²) in [5.74, 6) is -2.15. The van der Waals surface area contributed by atoms with E-state index in [9.17, 15) is 27.9 Å². The summed E-state index contributed by atoms with van der Waals surface area (Å²) in [5.41, 5.74) is 0.928. The lowest BCUT2D eigenvalue weighted by atomic mass is 9.58. The number of rotatable bonds is 5. The minimum atomic E-state index is -4.69. The fraction of sp³-hybridized carbons (Fsp3) is 0.400. The van der Waals surface area contributed by atoms with E-state index in [4.69, 9.17) is 0 Å². The Kier molecular flexibility index (Phi) is 6.22. The Morgan fingerprint density at radius 2 is 1.89 bits per heavy atom. The zero-order chi connectivity index (χ0) is 25.7. The number of hydrogen-bond donors (Lipinski definition) is 1. The van der Waals surface area contributed by atoms with Gasteiger partial charge >= 0.3 is 12.1 Å². The second-order valence-electron chi connectivity index (χ2n) is 9.22. The van der Waals surface area contributed by atoms with Gasteiger partial charge in [0, 0.05) is 24.0 Å². The average molecular weight is 563 g/mol. The van der Waals surface area contributed by atoms with Gasteiger partial charge in [-0.1, -0.05) is 47.3 Å². The Morgan fingerprint density at radius 3 is 2.53 bits per heavy atom. The van der Waals surface area contributed by atoms with Crippen molar-refractivity contribution in [1.29, 1.82) is 0 Å². The van der Waals surface area contributed by atoms with E-state index in [0.29, 0.717) is 24.1 Å². The number of carbonyl (C=O) groups excluding carboxylic acids is 1. The maximum atomic E-state index is 13.7. The first-order valence-corrected chi connectivity index (χ1v) is 12.5. The first-order chi connectivity index (χ1) is 17.1. The van der Waals surface area contributed by atoms with Gasteiger partial charge in [-0.2, -0.15) is 13.2 Å². The molecule has 3 aromatic rings. The number of aliphatic imine (C=N–C) groups is 1. The number of ketones is 1. The summed E-state index contributed by atoms with van der Waals surface area (Å²) < 4.78 is 41.9. The summed E-state index contributed by atoms with van der Waals surface area (Å²) in [6, 6.07) is 7.98. The number of aromatic nitrogens is 3. The van der Waals surface area contributed by atoms with Gasteiger partial charge in [-0.05, 0) is 42.7 Å². The topological polar surface area (TPSA) is 97.4 Å². The largest absolute Gasteiger partial charge is 0.480 e. The highest BCUT2D eigenvalue weighted by atomic mass is 79.9. The van der Waals surface area contributed by atoms with Crippen molar-refractivity contribution in [1.82, 2.24) is 14.5 Å². The van der Waals surface area contributed by atoms with Crippen LogP contribution < -0.4 is 0 Å². The van der Waals surface area contributed by atoms with Crippen molar-refractivity contribution < 1.29 is 27.9 Å². The van der Waals surface area contributed by atoms with E-state index in [1.54, 1.807) is 12.1 Å². The zero-order valence-corrected chi connectivity index (χ0v) is 20.6. The molecular formula is C25H22BrF3N4O3. The smallest absolute Gasteiger partial charge is 0.450 e. The van der Waals surface area contributed by atoms with Gasteiger partial charge in [-0.25, -0.2) is 14.8 Å². The summed E-state index contributed by atoms with van der Waals surface area (Å²) in [7, 11) is 0. The molecule has 2 aliphatic rings. The van der Waals surface area contributed by atoms with Crippen molar-refractivity contribution in [2.75, 3.05) is 0 Å². The van der Waals surface area contributed by atoms with Crippen LogP contribution in [0.3, 0.4) is 0 Å². The van der Waals surface area contributed by atoms with E-state index in [1.165, 1.54) is 30.5 Å². The van der Waals surface area contributed by atoms with Crippen LogP contribution >= 0.6 is 15.9 Å². The summed E-state index contributed by atoms with van der Waals surface area (Å²) >= 11 is 3.36. The minimum Gasteiger partial charge on any atom is -0.480 e. The molecule has 2 atom stereocenters. The Balaban J connectivity index is 1.44. The highest BCUT2D eigenvalue weighted by molar-refractivity contribution is 9.10. The second-order valence-corrected chi connectivity index (χ2v) is 10.1. The van der Waals surface area contributed by atoms with Crippen LogP contribution in [-0.2, 0) is 22.2 Å². The highest BCUT2D eigenvalue weighted by Crippen LogP contribution is 2.49. The molecule has 0 aliphatic heterocycles. The average Bonchev–Trinajstić information content (AvgIpc) is 3.27. The number of carboxylic acid groups (broad SMARTS) is 1. The van der Waals surface area contributed by atoms with Crippen molar-refractivity contribution in [3.8, 4) is 5.69 Å². The molecule has 0 amide bonds. The number of alkyl halides is 4. The molecule has 0 bridgehead atoms. The Labute approximate surface area is 212 Å². The van der Waals surface area contributed by atoms with Gasteiger partial charge in [0.05, 0.1) is 5.41 Å². The molecule has 7 nitrogen and oxygen atoms in total. The van der Waals surface area contributed by atoms with Crippen molar-refractivity contribution in [3.63, 3.8) is 0 Å². The van der Waals surface area contributed by atoms with E-state index in [1.807, 2.05) is 0 Å². The molecule has 0 saturated heterocycles. The number of aliphatic carboxylic acids is 1. The molecule has 2 saturated carbocycles. The summed E-state index contributed by atoms with van der Waals surface area (Å²) in [6.45, 7) is 0. The Hall–Kier alpha value is -3.08. The molecule has 36 heavy (non-hydrogen) atoms. The SMILES string of the molecule is O=C(O)[C@H](Cc1ccc(-n2c(C(F)(F)F)nc3cccnc32)cc1)N=C1C(Br)C(=O)C12CCCCC2. The second kappa shape index (κ2) is 9.10. The van der Waals surface area contributed by atoms with Gasteiger partial charge < -0.3 is 5.11 Å². The summed E-state index contributed by atoms with van der Waals surface area (Å²) in [5, 5.41) is 9.84. The van der Waals surface area contributed by atoms with Crippen LogP contribution in [-0.4, -0.2) is 48.0 Å². The van der Waals surface area contributed by atoms with Gasteiger partial charge in [0.25, 0.3) is 0 Å². The molecule has 2 heterocycles. The van der Waals surface area contributed by atoms with Gasteiger partial charge in [-0.15, -0.1) is 0 Å². The van der Waals surface area contributed by atoms with E-state index in [0.717, 1.165) is 23.8 Å². The van der Waals surface area contributed by atoms with Crippen molar-refractivity contribution >= 4 is 44.6 Å². The lowest BCUT2D eigenvalue weighted by molar-refractivity contribution is -0.145. The maximum Gasteiger partial charge on any atom is 0.450 e. The number of pyridine rings is 1. The van der Waals surface area contributed by atoms with Crippen LogP contribution in [0.25, 0.3) is 16.9 Å². The number of fused-ring (bicyclic) bond motifs is 1. The zero-order valence-electron chi connectivity index (χ0n) is 19.0. The fourth-order valence-electron chi connectivity index (χ4n) is 5.21. The quantitative estimate of drug-likeness (QED) is 0.432. The van der Waals surface area contributed by atoms with Gasteiger partial charge in [0.15, 0.2) is 17.5 Å². The normalized spacial score (nSPS) is 21.6. The summed E-state index contributed by atoms with van der Waals surface area (Å²) in [4.78, 5) is 36.4. The molecule has 2 fully saturated rings. The number of benzene rings is 1. The first-order valence-electron chi connectivity index (χ1n) is 11.6. The fourth-order valence-corrected chi connectivity index (χ4v) is 6.21. The molecular weight excluding hydrogens is 541 g/mol. The van der Waals surface area contributed by atoms with Crippen LogP contribution in [0.15, 0.2) is 47.6 Å². The van der Waals surface area contributed by atoms with E-state index in [-0.39, 0.29) is 29.1 Å². The Morgan fingerprint density at radius 1 is 1.19 bits per heavy atom. The molecule has 1 N–H and O–H groups in total. The lowest BCUT2D eigenvalue weighted by Gasteiger charge is -2.47. The Bertz CT molecular complexity index is 1360. The molecule has 2 aromatic heterocycles. The molecule has 1 spiro atoms. The third kappa shape index (κ3) is 4.12. The lowest BCUT2D eigenvalue weighted by Crippen LogP contribution is -2.61. The van der Waals surface area contributed by atoms with Crippen LogP contribution in [0.1, 0.15) is 43.5 Å². The molecule has 188 valence electrons. The molecule has 0 radical (unpaired) electrons. The number of carbonyl (C=O) groups is 2. The van der Waals surface area contributed by atoms with Crippen molar-refractivity contribution in [2.24, 2.45) is 10.4 Å². The maximum absolute atomic E-state index is 13.7. The molecule has 2 aliphatic carbocycles. The van der Waals surface area contributed by atoms with Gasteiger partial charge in [0.2, 0.25) is 5.82 Å². The number of hydrogen-bond acceptors (Lipinski definition) is 5. The van der Waals surface area contributed by atoms with Crippen LogP contribution in [0, 0.1) is 5.41 Å². The van der Waals surface area contributed by atoms with E-state index >= 15 is 0 Å². The molecule has 5 rings (SSSR count). The number of imidazole rings is 1. The van der Waals surface area contributed by atoms with E-state index in [2.05, 4.69) is 30.9 Å². The van der Waals surface area contributed by atoms with Crippen molar-refractivity contribution in [2.45, 2.75) is 55.6 Å². The highest BCUT2D eigenvalue weighted by Gasteiger charge is 2.58. The molecule has 11 heteroatoms. The van der Waals surface area contributed by atoms with Gasteiger partial charge in [0.1, 0.15) is 10.3 Å². The van der Waals surface area contributed by atoms with Crippen LogP contribution in [0.4, 0.5) is 13.2 Å². The predicted molar refractivity (Wildman–Crippen MR) is 130 cm³/mol. The van der Waals surface area contributed by atoms with Crippen LogP contribution in [0.2, 0.25) is 0 Å². The van der Waals surface area contributed by atoms with Gasteiger partial charge in [-0.3, -0.25) is 14.4 Å². The number of Topliss-reactive ketones (excluding diaryl/α,β-unsaturated/α-hetero) is 1. The van der Waals surface area contributed by atoms with Crippen molar-refractivity contribution in [3.05, 3.63) is 54.0 Å². The molecule has 1 unspecified atom stereocenters. The third-order valence-electron chi connectivity index (χ3n) is 7.01. The summed E-state index contributed by atoms with van der Waals surface area (Å²) in [6.07, 6.45) is 0.964. The monoisotopic (exact) mass is 562 g/mol. The minimum absolute atomic E-state index is 0.0398.